The Labute approximate surface area is 350 Å². The van der Waals surface area contributed by atoms with Crippen molar-refractivity contribution in [2.45, 2.75) is 128 Å². The van der Waals surface area contributed by atoms with E-state index in [2.05, 4.69) is 59.6 Å². The molecule has 0 radical (unpaired) electrons. The van der Waals surface area contributed by atoms with Crippen LogP contribution in [0.15, 0.2) is 0 Å². The van der Waals surface area contributed by atoms with Gasteiger partial charge in [-0.2, -0.15) is 0 Å². The average Bonchev–Trinajstić information content (AvgIpc) is 3.18. The summed E-state index contributed by atoms with van der Waals surface area (Å²) >= 11 is 0. The van der Waals surface area contributed by atoms with E-state index in [-0.39, 0.29) is 66.6 Å². The molecule has 0 aromatic heterocycles. The molecule has 0 spiro atoms. The second-order valence-electron chi connectivity index (χ2n) is 18.7. The summed E-state index contributed by atoms with van der Waals surface area (Å²) in [4.78, 5) is 90.7. The number of fused-ring (bicyclic) bond motifs is 4. The number of hydrogen-bond donors (Lipinski definition) is 13. The fourth-order valence-electron chi connectivity index (χ4n) is 10.1. The number of carbonyl (C=O) groups excluding carboxylic acids is 7. The summed E-state index contributed by atoms with van der Waals surface area (Å²) in [6, 6.07) is -5.87. The monoisotopic (exact) mass is 852 g/mol. The van der Waals surface area contributed by atoms with Crippen molar-refractivity contribution < 1.29 is 59.1 Å². The van der Waals surface area contributed by atoms with Crippen molar-refractivity contribution in [2.75, 3.05) is 33.0 Å². The minimum atomic E-state index is -1.04. The maximum Gasteiger partial charge on any atom is 0.225 e. The summed E-state index contributed by atoms with van der Waals surface area (Å²) in [5.74, 6) is -4.85. The topological polar surface area (TPSA) is 345 Å². The lowest BCUT2D eigenvalue weighted by Crippen LogP contribution is -2.66. The van der Waals surface area contributed by atoms with Gasteiger partial charge in [0.1, 0.15) is 0 Å². The number of nitrogens with one attached hydrogen (secondary N) is 6. The zero-order chi connectivity index (χ0) is 44.7. The number of aliphatic hydroxyl groups excluding tert-OH is 5. The molecule has 0 aliphatic heterocycles. The normalized spacial score (nSPS) is 29.4. The number of primary amides is 1. The lowest BCUT2D eigenvalue weighted by Gasteiger charge is -2.62. The lowest BCUT2D eigenvalue weighted by molar-refractivity contribution is -0.152. The summed E-state index contributed by atoms with van der Waals surface area (Å²) in [6.45, 7) is 5.62. The molecule has 0 aromatic rings. The predicted molar refractivity (Wildman–Crippen MR) is 214 cm³/mol. The van der Waals surface area contributed by atoms with E-state index in [1.165, 1.54) is 0 Å². The highest BCUT2D eigenvalue weighted by Gasteiger charge is 2.61. The number of aliphatic hydroxyl groups is 5. The highest BCUT2D eigenvalue weighted by molar-refractivity contribution is 5.86. The van der Waals surface area contributed by atoms with Crippen LogP contribution in [0.3, 0.4) is 0 Å². The van der Waals surface area contributed by atoms with Crippen LogP contribution < -0.4 is 43.4 Å². The van der Waals surface area contributed by atoms with Crippen LogP contribution in [0.2, 0.25) is 0 Å². The molecule has 60 heavy (non-hydrogen) atoms. The summed E-state index contributed by atoms with van der Waals surface area (Å²) < 4.78 is 0. The standard InChI is InChI=1S/C40H68N8O12/c1-39(2)19-5-26(37(59)45-22(15-50)10-30(42)54)35(28(39)7-19)48-34(58)12-24(17-52)44-32(56)13-25(18-53)46-38(60)27-6-20-8-29(40(20,3)4)36(27)47-33(57)11-23(16-51)43-31(55)9-21(41)14-49/h19-29,35-36,49-53H,5-18,41H2,1-4H3,(H2,42,54)(H,43,55)(H,44,56)(H,45,59)(H,46,60)(H,47,57)(H,48,58)/t19-,20-,21-,22-,23-,24-,25-,26+,27+,28-,29-,35-,36-/m1/s1. The van der Waals surface area contributed by atoms with Gasteiger partial charge in [0.25, 0.3) is 0 Å². The van der Waals surface area contributed by atoms with E-state index in [1.54, 1.807) is 0 Å². The van der Waals surface area contributed by atoms with Crippen LogP contribution in [-0.4, -0.2) is 142 Å². The van der Waals surface area contributed by atoms with Gasteiger partial charge in [0.15, 0.2) is 0 Å². The molecular formula is C40H68N8O12. The van der Waals surface area contributed by atoms with E-state index in [1.807, 2.05) is 0 Å². The maximum absolute atomic E-state index is 13.8. The third kappa shape index (κ3) is 11.7. The van der Waals surface area contributed by atoms with Crippen molar-refractivity contribution >= 4 is 41.4 Å². The number of amides is 7. The Hall–Kier alpha value is -3.95. The second kappa shape index (κ2) is 20.7. The van der Waals surface area contributed by atoms with E-state index >= 15 is 0 Å². The summed E-state index contributed by atoms with van der Waals surface area (Å²) in [7, 11) is 0. The highest BCUT2D eigenvalue weighted by atomic mass is 16.3. The largest absolute Gasteiger partial charge is 0.395 e. The molecule has 13 atom stereocenters. The summed E-state index contributed by atoms with van der Waals surface area (Å²) in [6.07, 6.45) is 1.03. The summed E-state index contributed by atoms with van der Waals surface area (Å²) in [5, 5.41) is 65.4. The van der Waals surface area contributed by atoms with Gasteiger partial charge in [0.2, 0.25) is 41.4 Å². The Morgan fingerprint density at radius 3 is 1.22 bits per heavy atom. The molecule has 0 aromatic carbocycles. The Kier molecular flexibility index (Phi) is 16.8. The van der Waals surface area contributed by atoms with Gasteiger partial charge >= 0.3 is 0 Å². The smallest absolute Gasteiger partial charge is 0.225 e. The molecular weight excluding hydrogens is 784 g/mol. The van der Waals surface area contributed by atoms with Crippen LogP contribution in [0.25, 0.3) is 0 Å². The third-order valence-corrected chi connectivity index (χ3v) is 14.0. The molecule has 340 valence electrons. The molecule has 6 rings (SSSR count). The Morgan fingerprint density at radius 1 is 0.517 bits per heavy atom. The number of hydrogen-bond acceptors (Lipinski definition) is 13. The van der Waals surface area contributed by atoms with Crippen LogP contribution in [0.4, 0.5) is 0 Å². The van der Waals surface area contributed by atoms with Crippen LogP contribution in [0.5, 0.6) is 0 Å². The predicted octanol–water partition coefficient (Wildman–Crippen LogP) is -4.02. The Balaban J connectivity index is 1.33. The lowest BCUT2D eigenvalue weighted by atomic mass is 9.45. The average molecular weight is 853 g/mol. The minimum Gasteiger partial charge on any atom is -0.395 e. The maximum atomic E-state index is 13.8. The van der Waals surface area contributed by atoms with Gasteiger partial charge in [-0.25, -0.2) is 0 Å². The fourth-order valence-corrected chi connectivity index (χ4v) is 10.1. The molecule has 20 nitrogen and oxygen atoms in total. The molecule has 4 bridgehead atoms. The fraction of sp³-hybridized carbons (Fsp3) is 0.825. The number of nitrogens with two attached hydrogens (primary N) is 2. The summed E-state index contributed by atoms with van der Waals surface area (Å²) in [5.41, 5.74) is 10.5. The molecule has 6 aliphatic rings. The molecule has 20 heteroatoms. The van der Waals surface area contributed by atoms with Crippen molar-refractivity contribution in [3.8, 4) is 0 Å². The van der Waals surface area contributed by atoms with Gasteiger partial charge in [0.05, 0.1) is 69.0 Å². The van der Waals surface area contributed by atoms with Gasteiger partial charge in [-0.1, -0.05) is 27.7 Å². The molecule has 0 unspecified atom stereocenters. The van der Waals surface area contributed by atoms with Crippen LogP contribution >= 0.6 is 0 Å². The number of rotatable bonds is 23. The molecule has 0 heterocycles. The van der Waals surface area contributed by atoms with E-state index in [0.29, 0.717) is 12.8 Å². The van der Waals surface area contributed by atoms with Crippen molar-refractivity contribution in [3.63, 3.8) is 0 Å². The van der Waals surface area contributed by atoms with Crippen LogP contribution in [0.1, 0.15) is 85.5 Å². The van der Waals surface area contributed by atoms with E-state index in [4.69, 9.17) is 16.6 Å². The van der Waals surface area contributed by atoms with Gasteiger partial charge in [-0.3, -0.25) is 33.6 Å². The van der Waals surface area contributed by atoms with Crippen molar-refractivity contribution in [3.05, 3.63) is 0 Å². The molecule has 0 saturated heterocycles. The third-order valence-electron chi connectivity index (χ3n) is 14.0. The van der Waals surface area contributed by atoms with Crippen LogP contribution in [0, 0.1) is 46.3 Å². The SMILES string of the molecule is CC1(C)[C@@H]2C[C@H](C(=O)N[C@@H](CO)CC(N)=O)[C@@H](NC(=O)C[C@H](CO)NC(=O)C[C@H](CO)NC(=O)[C@H]3C[C@@H]4C[C@H]([C@@H]3NC(=O)C[C@H](CO)NC(=O)C[C@@H](N)CO)C4(C)C)[C@H]1C2. The van der Waals surface area contributed by atoms with E-state index < -0.39 is 129 Å². The first-order valence-electron chi connectivity index (χ1n) is 21.0. The van der Waals surface area contributed by atoms with Crippen molar-refractivity contribution in [2.24, 2.45) is 57.8 Å². The van der Waals surface area contributed by atoms with Gasteiger partial charge < -0.3 is 68.9 Å². The molecule has 7 amide bonds. The van der Waals surface area contributed by atoms with E-state index in [9.17, 15) is 54.0 Å². The molecule has 6 aliphatic carbocycles. The highest BCUT2D eigenvalue weighted by Crippen LogP contribution is 2.61. The first-order valence-corrected chi connectivity index (χ1v) is 21.0. The van der Waals surface area contributed by atoms with Crippen molar-refractivity contribution in [1.82, 2.24) is 31.9 Å². The zero-order valence-corrected chi connectivity index (χ0v) is 35.2. The second-order valence-corrected chi connectivity index (χ2v) is 18.7. The first-order chi connectivity index (χ1) is 28.2. The Bertz CT molecular complexity index is 1580. The minimum absolute atomic E-state index is 0.0438. The van der Waals surface area contributed by atoms with Crippen molar-refractivity contribution in [1.29, 1.82) is 0 Å². The van der Waals surface area contributed by atoms with Crippen LogP contribution in [-0.2, 0) is 33.6 Å². The van der Waals surface area contributed by atoms with Gasteiger partial charge in [-0.15, -0.1) is 0 Å². The van der Waals surface area contributed by atoms with Gasteiger partial charge in [0, 0.05) is 50.2 Å². The molecule has 6 fully saturated rings. The quantitative estimate of drug-likeness (QED) is 0.0467. The first kappa shape index (κ1) is 48.7. The molecule has 15 N–H and O–H groups in total. The van der Waals surface area contributed by atoms with Gasteiger partial charge in [-0.05, 0) is 60.2 Å². The van der Waals surface area contributed by atoms with E-state index in [0.717, 1.165) is 12.8 Å². The number of carbonyl (C=O) groups is 7. The molecule has 6 saturated carbocycles. The zero-order valence-electron chi connectivity index (χ0n) is 35.2. The Morgan fingerprint density at radius 2 is 0.867 bits per heavy atom.